The molecule has 2 heterocycles. The number of nitrogens with one attached hydrogen (secondary N) is 2. The summed E-state index contributed by atoms with van der Waals surface area (Å²) >= 11 is 3.35. The average molecular weight is 385 g/mol. The number of fused-ring (bicyclic) bond motifs is 3. The van der Waals surface area contributed by atoms with Crippen molar-refractivity contribution in [3.05, 3.63) is 53.0 Å². The number of hydrogen-bond donors (Lipinski definition) is 2. The molecule has 0 radical (unpaired) electrons. The molecule has 0 saturated heterocycles. The van der Waals surface area contributed by atoms with E-state index in [1.807, 2.05) is 36.4 Å². The van der Waals surface area contributed by atoms with Crippen molar-refractivity contribution >= 4 is 50.4 Å². The molecular formula is C17H13BrN4O2. The van der Waals surface area contributed by atoms with Gasteiger partial charge in [0.2, 0.25) is 17.8 Å². The molecule has 4 rings (SSSR count). The minimum Gasteiger partial charge on any atom is -0.326 e. The molecule has 2 aromatic carbocycles. The van der Waals surface area contributed by atoms with E-state index < -0.39 is 6.04 Å². The van der Waals surface area contributed by atoms with E-state index in [4.69, 9.17) is 0 Å². The smallest absolute Gasteiger partial charge is 0.250 e. The zero-order valence-corrected chi connectivity index (χ0v) is 14.1. The summed E-state index contributed by atoms with van der Waals surface area (Å²) in [6.45, 7) is 0. The van der Waals surface area contributed by atoms with Gasteiger partial charge in [0.05, 0.1) is 17.5 Å². The number of nitrogens with zero attached hydrogens (tertiary/aromatic N) is 2. The summed E-state index contributed by atoms with van der Waals surface area (Å²) in [6, 6.07) is 14.3. The predicted molar refractivity (Wildman–Crippen MR) is 94.8 cm³/mol. The van der Waals surface area contributed by atoms with Crippen LogP contribution in [-0.4, -0.2) is 21.4 Å². The van der Waals surface area contributed by atoms with E-state index in [1.165, 1.54) is 0 Å². The summed E-state index contributed by atoms with van der Waals surface area (Å²) in [5, 5.41) is 5.55. The number of aromatic nitrogens is 2. The Labute approximate surface area is 146 Å². The van der Waals surface area contributed by atoms with E-state index in [9.17, 15) is 9.59 Å². The molecule has 3 aromatic rings. The van der Waals surface area contributed by atoms with E-state index >= 15 is 0 Å². The molecule has 1 atom stereocenters. The summed E-state index contributed by atoms with van der Waals surface area (Å²) in [7, 11) is 0. The second-order valence-corrected chi connectivity index (χ2v) is 6.47. The van der Waals surface area contributed by atoms with E-state index in [1.54, 1.807) is 16.7 Å². The molecule has 24 heavy (non-hydrogen) atoms. The van der Waals surface area contributed by atoms with Crippen molar-refractivity contribution in [2.24, 2.45) is 0 Å². The quantitative estimate of drug-likeness (QED) is 0.726. The first kappa shape index (κ1) is 14.9. The maximum atomic E-state index is 12.3. The van der Waals surface area contributed by atoms with Crippen molar-refractivity contribution in [3.63, 3.8) is 0 Å². The van der Waals surface area contributed by atoms with Gasteiger partial charge >= 0.3 is 0 Å². The lowest BCUT2D eigenvalue weighted by molar-refractivity contribution is -0.123. The topological polar surface area (TPSA) is 76.0 Å². The number of hydrogen-bond acceptors (Lipinski definition) is 3. The fraction of sp³-hybridized carbons (Fsp3) is 0.118. The van der Waals surface area contributed by atoms with Gasteiger partial charge in [-0.1, -0.05) is 28.1 Å². The molecule has 1 unspecified atom stereocenters. The zero-order chi connectivity index (χ0) is 16.7. The lowest BCUT2D eigenvalue weighted by atomic mass is 10.1. The van der Waals surface area contributed by atoms with Crippen LogP contribution in [0.2, 0.25) is 0 Å². The number of benzene rings is 2. The molecule has 2 amide bonds. The maximum absolute atomic E-state index is 12.3. The molecule has 0 bridgehead atoms. The van der Waals surface area contributed by atoms with Crippen LogP contribution in [0.25, 0.3) is 11.0 Å². The predicted octanol–water partition coefficient (Wildman–Crippen LogP) is 3.32. The van der Waals surface area contributed by atoms with E-state index in [-0.39, 0.29) is 18.2 Å². The van der Waals surface area contributed by atoms with Crippen LogP contribution < -0.4 is 10.6 Å². The first-order valence-corrected chi connectivity index (χ1v) is 8.24. The van der Waals surface area contributed by atoms with Crippen molar-refractivity contribution in [3.8, 4) is 0 Å². The molecule has 0 aliphatic carbocycles. The van der Waals surface area contributed by atoms with Crippen LogP contribution in [0.3, 0.4) is 0 Å². The Balaban J connectivity index is 1.58. The molecule has 1 aliphatic heterocycles. The summed E-state index contributed by atoms with van der Waals surface area (Å²) in [5.41, 5.74) is 2.33. The van der Waals surface area contributed by atoms with Crippen LogP contribution in [0.1, 0.15) is 12.5 Å². The molecule has 1 aromatic heterocycles. The first-order chi connectivity index (χ1) is 11.6. The Hall–Kier alpha value is -2.67. The summed E-state index contributed by atoms with van der Waals surface area (Å²) in [4.78, 5) is 28.9. The van der Waals surface area contributed by atoms with Crippen LogP contribution >= 0.6 is 15.9 Å². The third-order valence-corrected chi connectivity index (χ3v) is 4.48. The SMILES string of the molecule is O=C(CC1C(=O)Nc2nc3ccccc3n21)Nc1ccc(Br)cc1. The lowest BCUT2D eigenvalue weighted by Gasteiger charge is -2.12. The van der Waals surface area contributed by atoms with Gasteiger partial charge in [-0.2, -0.15) is 0 Å². The Bertz CT molecular complexity index is 949. The van der Waals surface area contributed by atoms with Gasteiger partial charge in [0, 0.05) is 10.2 Å². The molecule has 0 saturated carbocycles. The highest BCUT2D eigenvalue weighted by Crippen LogP contribution is 2.32. The van der Waals surface area contributed by atoms with E-state index in [0.29, 0.717) is 11.6 Å². The number of rotatable bonds is 3. The van der Waals surface area contributed by atoms with Crippen LogP contribution in [0.5, 0.6) is 0 Å². The van der Waals surface area contributed by atoms with Gasteiger partial charge < -0.3 is 5.32 Å². The van der Waals surface area contributed by atoms with E-state index in [2.05, 4.69) is 31.5 Å². The fourth-order valence-electron chi connectivity index (χ4n) is 2.86. The molecular weight excluding hydrogens is 372 g/mol. The fourth-order valence-corrected chi connectivity index (χ4v) is 3.13. The molecule has 0 spiro atoms. The van der Waals surface area contributed by atoms with Crippen LogP contribution in [0, 0.1) is 0 Å². The highest BCUT2D eigenvalue weighted by molar-refractivity contribution is 9.10. The van der Waals surface area contributed by atoms with Crippen molar-refractivity contribution in [1.82, 2.24) is 9.55 Å². The molecule has 120 valence electrons. The number of imidazole rings is 1. The first-order valence-electron chi connectivity index (χ1n) is 7.45. The van der Waals surface area contributed by atoms with Gasteiger partial charge in [0.25, 0.3) is 0 Å². The maximum Gasteiger partial charge on any atom is 0.250 e. The molecule has 2 N–H and O–H groups in total. The normalized spacial score (nSPS) is 16.0. The highest BCUT2D eigenvalue weighted by atomic mass is 79.9. The zero-order valence-electron chi connectivity index (χ0n) is 12.5. The standard InChI is InChI=1S/C17H13BrN4O2/c18-10-5-7-11(8-6-10)19-15(23)9-14-16(24)21-17-20-12-3-1-2-4-13(12)22(14)17/h1-8,14H,9H2,(H,19,23)(H,20,21,24). The number of para-hydroxylation sites is 2. The van der Waals surface area contributed by atoms with Crippen molar-refractivity contribution < 1.29 is 9.59 Å². The molecule has 6 nitrogen and oxygen atoms in total. The summed E-state index contributed by atoms with van der Waals surface area (Å²) in [6.07, 6.45) is 0.0508. The minimum atomic E-state index is -0.595. The van der Waals surface area contributed by atoms with Crippen molar-refractivity contribution in [2.45, 2.75) is 12.5 Å². The van der Waals surface area contributed by atoms with Gasteiger partial charge in [0.15, 0.2) is 0 Å². The Kier molecular flexibility index (Phi) is 3.57. The minimum absolute atomic E-state index is 0.0508. The number of amides is 2. The van der Waals surface area contributed by atoms with Crippen LogP contribution in [-0.2, 0) is 9.59 Å². The Morgan fingerprint density at radius 2 is 1.96 bits per heavy atom. The van der Waals surface area contributed by atoms with E-state index in [0.717, 1.165) is 15.5 Å². The number of carbonyl (C=O) groups excluding carboxylic acids is 2. The molecule has 7 heteroatoms. The Morgan fingerprint density at radius 3 is 2.75 bits per heavy atom. The molecule has 0 fully saturated rings. The third-order valence-electron chi connectivity index (χ3n) is 3.95. The Morgan fingerprint density at radius 1 is 1.21 bits per heavy atom. The average Bonchev–Trinajstić information content (AvgIpc) is 3.06. The van der Waals surface area contributed by atoms with Crippen molar-refractivity contribution in [1.29, 1.82) is 0 Å². The monoisotopic (exact) mass is 384 g/mol. The second kappa shape index (κ2) is 5.76. The van der Waals surface area contributed by atoms with Gasteiger partial charge in [-0.3, -0.25) is 19.5 Å². The molecule has 1 aliphatic rings. The largest absolute Gasteiger partial charge is 0.326 e. The van der Waals surface area contributed by atoms with Gasteiger partial charge in [0.1, 0.15) is 6.04 Å². The van der Waals surface area contributed by atoms with Gasteiger partial charge in [-0.15, -0.1) is 0 Å². The van der Waals surface area contributed by atoms with Crippen molar-refractivity contribution in [2.75, 3.05) is 10.6 Å². The lowest BCUT2D eigenvalue weighted by Crippen LogP contribution is -2.23. The summed E-state index contributed by atoms with van der Waals surface area (Å²) in [5.74, 6) is 0.0555. The van der Waals surface area contributed by atoms with Crippen LogP contribution in [0.4, 0.5) is 11.6 Å². The third kappa shape index (κ3) is 2.56. The number of halogens is 1. The van der Waals surface area contributed by atoms with Crippen LogP contribution in [0.15, 0.2) is 53.0 Å². The second-order valence-electron chi connectivity index (χ2n) is 5.56. The summed E-state index contributed by atoms with van der Waals surface area (Å²) < 4.78 is 2.73. The number of anilines is 2. The van der Waals surface area contributed by atoms with Gasteiger partial charge in [-0.25, -0.2) is 4.98 Å². The van der Waals surface area contributed by atoms with Gasteiger partial charge in [-0.05, 0) is 36.4 Å². The highest BCUT2D eigenvalue weighted by Gasteiger charge is 2.34. The number of carbonyl (C=O) groups is 2.